The Morgan fingerprint density at radius 1 is 1.04 bits per heavy atom. The number of nitrogens with one attached hydrogen (secondary N) is 1. The fraction of sp³-hybridized carbons (Fsp3) is 0.381. The van der Waals surface area contributed by atoms with Gasteiger partial charge in [0.05, 0.1) is 13.7 Å². The summed E-state index contributed by atoms with van der Waals surface area (Å²) < 4.78 is 10.9. The molecule has 1 N–H and O–H groups in total. The lowest BCUT2D eigenvalue weighted by atomic mass is 10.2. The predicted octanol–water partition coefficient (Wildman–Crippen LogP) is 3.93. The molecule has 0 bridgehead atoms. The van der Waals surface area contributed by atoms with Crippen molar-refractivity contribution in [3.63, 3.8) is 0 Å². The van der Waals surface area contributed by atoms with Gasteiger partial charge in [0.25, 0.3) is 0 Å². The number of ether oxygens (including phenoxy) is 2. The maximum Gasteiger partial charge on any atom is 0.193 e. The van der Waals surface area contributed by atoms with Crippen molar-refractivity contribution in [1.82, 2.24) is 10.2 Å². The zero-order chi connectivity index (χ0) is 18.6. The summed E-state index contributed by atoms with van der Waals surface area (Å²) in [6, 6.07) is 18.3. The van der Waals surface area contributed by atoms with Gasteiger partial charge in [0.15, 0.2) is 5.96 Å². The van der Waals surface area contributed by atoms with Crippen molar-refractivity contribution in [3.8, 4) is 5.75 Å². The Labute approximate surface area is 179 Å². The topological polar surface area (TPSA) is 46.1 Å². The van der Waals surface area contributed by atoms with E-state index < -0.39 is 0 Å². The zero-order valence-electron chi connectivity index (χ0n) is 16.4. The van der Waals surface area contributed by atoms with Crippen molar-refractivity contribution in [3.05, 3.63) is 65.7 Å². The second-order valence-electron chi connectivity index (χ2n) is 6.07. The van der Waals surface area contributed by atoms with Gasteiger partial charge in [0.2, 0.25) is 0 Å². The molecule has 0 aliphatic carbocycles. The van der Waals surface area contributed by atoms with Crippen molar-refractivity contribution < 1.29 is 9.47 Å². The maximum absolute atomic E-state index is 5.73. The highest BCUT2D eigenvalue weighted by atomic mass is 127. The molecule has 0 heterocycles. The minimum Gasteiger partial charge on any atom is -0.497 e. The molecule has 2 aromatic rings. The van der Waals surface area contributed by atoms with Crippen LogP contribution in [0.5, 0.6) is 5.75 Å². The second-order valence-corrected chi connectivity index (χ2v) is 6.07. The third-order valence-corrected chi connectivity index (χ3v) is 4.01. The summed E-state index contributed by atoms with van der Waals surface area (Å²) in [4.78, 5) is 6.46. The van der Waals surface area contributed by atoms with Crippen molar-refractivity contribution in [2.24, 2.45) is 4.99 Å². The number of nitrogens with zero attached hydrogens (tertiary/aromatic N) is 2. The molecule has 0 aliphatic heterocycles. The van der Waals surface area contributed by atoms with E-state index in [2.05, 4.69) is 39.5 Å². The molecule has 6 heteroatoms. The van der Waals surface area contributed by atoms with Crippen LogP contribution in [0.3, 0.4) is 0 Å². The molecule has 27 heavy (non-hydrogen) atoms. The average Bonchev–Trinajstić information content (AvgIpc) is 2.68. The second kappa shape index (κ2) is 13.4. The van der Waals surface area contributed by atoms with E-state index in [4.69, 9.17) is 9.47 Å². The van der Waals surface area contributed by atoms with Crippen molar-refractivity contribution in [2.45, 2.75) is 19.6 Å². The summed E-state index contributed by atoms with van der Waals surface area (Å²) in [5.74, 6) is 1.76. The molecule has 0 saturated heterocycles. The van der Waals surface area contributed by atoms with Crippen molar-refractivity contribution in [1.29, 1.82) is 0 Å². The summed E-state index contributed by atoms with van der Waals surface area (Å²) in [5, 5.41) is 3.38. The molecule has 148 valence electrons. The molecule has 0 spiro atoms. The number of benzene rings is 2. The van der Waals surface area contributed by atoms with Crippen LogP contribution in [0.25, 0.3) is 0 Å². The van der Waals surface area contributed by atoms with E-state index in [9.17, 15) is 0 Å². The normalized spacial score (nSPS) is 10.9. The number of guanidine groups is 1. The van der Waals surface area contributed by atoms with E-state index in [0.717, 1.165) is 36.8 Å². The van der Waals surface area contributed by atoms with Crippen molar-refractivity contribution >= 4 is 29.9 Å². The van der Waals surface area contributed by atoms with Crippen LogP contribution >= 0.6 is 24.0 Å². The molecule has 0 atom stereocenters. The van der Waals surface area contributed by atoms with Gasteiger partial charge < -0.3 is 19.7 Å². The zero-order valence-corrected chi connectivity index (χ0v) is 18.7. The summed E-state index contributed by atoms with van der Waals surface area (Å²) in [6.07, 6.45) is 0.925. The van der Waals surface area contributed by atoms with Gasteiger partial charge in [-0.2, -0.15) is 0 Å². The van der Waals surface area contributed by atoms with Gasteiger partial charge in [-0.3, -0.25) is 4.99 Å². The van der Waals surface area contributed by atoms with E-state index in [1.807, 2.05) is 44.4 Å². The minimum atomic E-state index is 0. The largest absolute Gasteiger partial charge is 0.497 e. The van der Waals surface area contributed by atoms with Crippen LogP contribution in [0.4, 0.5) is 0 Å². The third kappa shape index (κ3) is 8.62. The van der Waals surface area contributed by atoms with Crippen LogP contribution in [0, 0.1) is 0 Å². The van der Waals surface area contributed by atoms with Crippen LogP contribution in [0.15, 0.2) is 59.6 Å². The number of methoxy groups -OCH3 is 1. The highest BCUT2D eigenvalue weighted by Crippen LogP contribution is 2.11. The van der Waals surface area contributed by atoms with E-state index in [0.29, 0.717) is 13.2 Å². The molecule has 2 rings (SSSR count). The van der Waals surface area contributed by atoms with Crippen LogP contribution in [0.2, 0.25) is 0 Å². The fourth-order valence-corrected chi connectivity index (χ4v) is 2.60. The predicted molar refractivity (Wildman–Crippen MR) is 122 cm³/mol. The summed E-state index contributed by atoms with van der Waals surface area (Å²) in [6.45, 7) is 2.98. The van der Waals surface area contributed by atoms with Gasteiger partial charge in [-0.25, -0.2) is 0 Å². The lowest BCUT2D eigenvalue weighted by Gasteiger charge is -2.22. The lowest BCUT2D eigenvalue weighted by Crippen LogP contribution is -2.39. The van der Waals surface area contributed by atoms with Gasteiger partial charge in [-0.1, -0.05) is 42.5 Å². The van der Waals surface area contributed by atoms with Crippen molar-refractivity contribution in [2.75, 3.05) is 34.4 Å². The lowest BCUT2D eigenvalue weighted by molar-refractivity contribution is 0.119. The van der Waals surface area contributed by atoms with Gasteiger partial charge in [-0.15, -0.1) is 24.0 Å². The SMILES string of the molecule is CN=C(NCCCOCc1ccc(OC)cc1)N(C)Cc1ccccc1.I. The van der Waals surface area contributed by atoms with Crippen LogP contribution in [0.1, 0.15) is 17.5 Å². The standard InChI is InChI=1S/C21H29N3O2.HI/c1-22-21(24(2)16-18-8-5-4-6-9-18)23-14-7-15-26-17-19-10-12-20(25-3)13-11-19;/h4-6,8-13H,7,14-17H2,1-3H3,(H,22,23);1H. The van der Waals surface area contributed by atoms with E-state index in [1.54, 1.807) is 7.11 Å². The average molecular weight is 483 g/mol. The van der Waals surface area contributed by atoms with Gasteiger partial charge >= 0.3 is 0 Å². The Balaban J connectivity index is 0.00000364. The third-order valence-electron chi connectivity index (χ3n) is 4.01. The summed E-state index contributed by atoms with van der Waals surface area (Å²) >= 11 is 0. The van der Waals surface area contributed by atoms with E-state index in [1.165, 1.54) is 5.56 Å². The molecule has 0 saturated carbocycles. The Bertz CT molecular complexity index is 663. The van der Waals surface area contributed by atoms with Gasteiger partial charge in [0.1, 0.15) is 5.75 Å². The highest BCUT2D eigenvalue weighted by molar-refractivity contribution is 14.0. The molecule has 0 amide bonds. The molecule has 0 unspecified atom stereocenters. The first-order chi connectivity index (χ1) is 12.7. The number of halogens is 1. The number of aliphatic imine (C=N–C) groups is 1. The van der Waals surface area contributed by atoms with Gasteiger partial charge in [-0.05, 0) is 29.7 Å². The molecule has 0 aliphatic rings. The molecule has 0 aromatic heterocycles. The maximum atomic E-state index is 5.73. The molecule has 5 nitrogen and oxygen atoms in total. The Kier molecular flexibility index (Phi) is 11.5. The molecule has 0 radical (unpaired) electrons. The molecule has 2 aromatic carbocycles. The van der Waals surface area contributed by atoms with Crippen LogP contribution in [-0.4, -0.2) is 45.2 Å². The van der Waals surface area contributed by atoms with Gasteiger partial charge in [0, 0.05) is 33.8 Å². The first-order valence-corrected chi connectivity index (χ1v) is 8.89. The van der Waals surface area contributed by atoms with Crippen LogP contribution in [-0.2, 0) is 17.9 Å². The Hall–Kier alpha value is -1.80. The molecular formula is C21H30IN3O2. The van der Waals surface area contributed by atoms with E-state index in [-0.39, 0.29) is 24.0 Å². The quantitative estimate of drug-likeness (QED) is 0.254. The summed E-state index contributed by atoms with van der Waals surface area (Å²) in [7, 11) is 5.52. The smallest absolute Gasteiger partial charge is 0.193 e. The highest BCUT2D eigenvalue weighted by Gasteiger charge is 2.05. The first-order valence-electron chi connectivity index (χ1n) is 8.89. The monoisotopic (exact) mass is 483 g/mol. The number of rotatable bonds is 9. The first kappa shape index (κ1) is 23.2. The van der Waals surface area contributed by atoms with Crippen LogP contribution < -0.4 is 10.1 Å². The summed E-state index contributed by atoms with van der Waals surface area (Å²) in [5.41, 5.74) is 2.41. The molecular weight excluding hydrogens is 453 g/mol. The number of hydrogen-bond acceptors (Lipinski definition) is 3. The number of hydrogen-bond donors (Lipinski definition) is 1. The van der Waals surface area contributed by atoms with E-state index >= 15 is 0 Å². The minimum absolute atomic E-state index is 0. The Morgan fingerprint density at radius 3 is 2.37 bits per heavy atom. The molecule has 0 fully saturated rings. The Morgan fingerprint density at radius 2 is 1.74 bits per heavy atom. The fourth-order valence-electron chi connectivity index (χ4n) is 2.60.